The Bertz CT molecular complexity index is 601. The normalized spacial score (nSPS) is 32.1. The minimum Gasteiger partial charge on any atom is -0.392 e. The quantitative estimate of drug-likeness (QED) is 0.178. The van der Waals surface area contributed by atoms with Gasteiger partial charge in [0.2, 0.25) is 0 Å². The van der Waals surface area contributed by atoms with Crippen molar-refractivity contribution < 1.29 is 5.11 Å². The number of dihydropyridines is 1. The lowest BCUT2D eigenvalue weighted by molar-refractivity contribution is 0.190. The third-order valence-corrected chi connectivity index (χ3v) is 6.59. The van der Waals surface area contributed by atoms with Crippen LogP contribution in [0.2, 0.25) is 0 Å². The predicted molar refractivity (Wildman–Crippen MR) is 98.5 cm³/mol. The van der Waals surface area contributed by atoms with Crippen molar-refractivity contribution in [1.82, 2.24) is 15.5 Å². The summed E-state index contributed by atoms with van der Waals surface area (Å²) in [6.07, 6.45) is 9.25. The van der Waals surface area contributed by atoms with Crippen molar-refractivity contribution in [2.45, 2.75) is 45.2 Å². The van der Waals surface area contributed by atoms with Gasteiger partial charge in [0.25, 0.3) is 0 Å². The maximum absolute atomic E-state index is 9.48. The van der Waals surface area contributed by atoms with Crippen LogP contribution in [0.15, 0.2) is 23.2 Å². The van der Waals surface area contributed by atoms with Gasteiger partial charge >= 0.3 is 0 Å². The summed E-state index contributed by atoms with van der Waals surface area (Å²) in [6.45, 7) is 3.70. The molecule has 3 saturated carbocycles. The van der Waals surface area contributed by atoms with E-state index in [4.69, 9.17) is 11.1 Å². The molecule has 0 aromatic rings. The molecule has 25 heavy (non-hydrogen) atoms. The zero-order valence-corrected chi connectivity index (χ0v) is 15.1. The van der Waals surface area contributed by atoms with Gasteiger partial charge in [-0.05, 0) is 55.1 Å². The number of hydrogen-bond acceptors (Lipinski definition) is 5. The molecular formula is C19H31N5O. The van der Waals surface area contributed by atoms with E-state index in [1.165, 1.54) is 25.6 Å². The van der Waals surface area contributed by atoms with Gasteiger partial charge < -0.3 is 26.4 Å². The Morgan fingerprint density at radius 3 is 2.80 bits per heavy atom. The van der Waals surface area contributed by atoms with Crippen LogP contribution in [0.25, 0.3) is 0 Å². The van der Waals surface area contributed by atoms with E-state index in [0.29, 0.717) is 6.54 Å². The van der Waals surface area contributed by atoms with Crippen LogP contribution in [-0.2, 0) is 0 Å². The lowest BCUT2D eigenvalue weighted by Gasteiger charge is -2.38. The summed E-state index contributed by atoms with van der Waals surface area (Å²) in [4.78, 5) is 1.92. The molecule has 3 aliphatic carbocycles. The van der Waals surface area contributed by atoms with Gasteiger partial charge in [0.1, 0.15) is 5.82 Å². The van der Waals surface area contributed by atoms with Crippen molar-refractivity contribution in [3.63, 3.8) is 0 Å². The van der Waals surface area contributed by atoms with Crippen molar-refractivity contribution >= 4 is 6.34 Å². The molecular weight excluding hydrogens is 314 g/mol. The molecule has 0 saturated heterocycles. The van der Waals surface area contributed by atoms with Crippen LogP contribution < -0.4 is 16.4 Å². The number of aliphatic hydroxyl groups is 1. The topological polar surface area (TPSA) is 97.4 Å². The average Bonchev–Trinajstić information content (AvgIpc) is 3.48. The van der Waals surface area contributed by atoms with Crippen LogP contribution >= 0.6 is 0 Å². The van der Waals surface area contributed by atoms with Crippen molar-refractivity contribution in [1.29, 1.82) is 5.41 Å². The minimum absolute atomic E-state index is 0.0469. The molecule has 0 spiro atoms. The van der Waals surface area contributed by atoms with Crippen molar-refractivity contribution in [2.75, 3.05) is 19.7 Å². The maximum Gasteiger partial charge on any atom is 0.132 e. The first-order chi connectivity index (χ1) is 12.2. The predicted octanol–water partition coefficient (Wildman–Crippen LogP) is 1.31. The molecule has 0 radical (unpaired) electrons. The summed E-state index contributed by atoms with van der Waals surface area (Å²) in [7, 11) is 0. The van der Waals surface area contributed by atoms with Gasteiger partial charge in [0, 0.05) is 18.5 Å². The van der Waals surface area contributed by atoms with Crippen LogP contribution in [0.1, 0.15) is 39.0 Å². The molecule has 6 nitrogen and oxygen atoms in total. The number of nitrogens with two attached hydrogens (primary N) is 1. The second-order valence-electron chi connectivity index (χ2n) is 8.16. The first-order valence-electron chi connectivity index (χ1n) is 9.73. The van der Waals surface area contributed by atoms with Gasteiger partial charge in [-0.15, -0.1) is 0 Å². The van der Waals surface area contributed by atoms with E-state index < -0.39 is 0 Å². The highest BCUT2D eigenvalue weighted by Gasteiger charge is 2.76. The Hall–Kier alpha value is -1.53. The second kappa shape index (κ2) is 6.32. The number of nitrogens with zero attached hydrogens (tertiary/aromatic N) is 1. The molecule has 3 unspecified atom stereocenters. The first-order valence-corrected chi connectivity index (χ1v) is 9.73. The molecule has 1 heterocycles. The van der Waals surface area contributed by atoms with Crippen LogP contribution in [0.4, 0.5) is 0 Å². The minimum atomic E-state index is -0.141. The number of allylic oxidation sites excluding steroid dienone is 1. The lowest BCUT2D eigenvalue weighted by atomic mass is 9.89. The standard InChI is InChI=1S/C19H31N5O/c1-2-3-6-22-15-7-12(10-25)9-23-17(15)24(11-20)18(21)19(4-5-19)16-13-8-14(13)16/h7,11,13-14,16,18,20,22-23,25H,2-6,8-10,21H2,1H3. The Balaban J connectivity index is 1.56. The van der Waals surface area contributed by atoms with E-state index in [9.17, 15) is 5.11 Å². The van der Waals surface area contributed by atoms with E-state index in [1.807, 2.05) is 11.0 Å². The lowest BCUT2D eigenvalue weighted by Crippen LogP contribution is -2.52. The van der Waals surface area contributed by atoms with Gasteiger partial charge in [-0.3, -0.25) is 5.41 Å². The average molecular weight is 345 g/mol. The maximum atomic E-state index is 9.48. The summed E-state index contributed by atoms with van der Waals surface area (Å²) < 4.78 is 0. The van der Waals surface area contributed by atoms with Crippen LogP contribution in [-0.4, -0.2) is 42.2 Å². The summed E-state index contributed by atoms with van der Waals surface area (Å²) in [5.41, 5.74) is 8.82. The molecule has 0 amide bonds. The molecule has 4 aliphatic rings. The van der Waals surface area contributed by atoms with Crippen molar-refractivity contribution in [2.24, 2.45) is 28.9 Å². The van der Waals surface area contributed by atoms with Gasteiger partial charge in [-0.25, -0.2) is 0 Å². The van der Waals surface area contributed by atoms with Crippen molar-refractivity contribution in [3.8, 4) is 0 Å². The molecule has 0 bridgehead atoms. The molecule has 4 rings (SSSR count). The number of aliphatic hydroxyl groups excluding tert-OH is 1. The van der Waals surface area contributed by atoms with Gasteiger partial charge in [0.15, 0.2) is 0 Å². The molecule has 3 atom stereocenters. The van der Waals surface area contributed by atoms with Gasteiger partial charge in [-0.1, -0.05) is 13.3 Å². The second-order valence-corrected chi connectivity index (χ2v) is 8.16. The van der Waals surface area contributed by atoms with Gasteiger partial charge in [-0.2, -0.15) is 0 Å². The Kier molecular flexibility index (Phi) is 4.28. The zero-order chi connectivity index (χ0) is 17.6. The summed E-state index contributed by atoms with van der Waals surface area (Å²) >= 11 is 0. The number of rotatable bonds is 10. The third kappa shape index (κ3) is 2.85. The molecule has 6 N–H and O–H groups in total. The molecule has 138 valence electrons. The zero-order valence-electron chi connectivity index (χ0n) is 15.1. The molecule has 3 fully saturated rings. The first kappa shape index (κ1) is 16.9. The van der Waals surface area contributed by atoms with E-state index in [1.54, 1.807) is 0 Å². The Labute approximate surface area is 150 Å². The van der Waals surface area contributed by atoms with Gasteiger partial charge in [0.05, 0.1) is 24.8 Å². The SMILES string of the molecule is CCCCNC1=C(N(C=N)C(N)C2(C3C4CC43)CC2)NCC(CO)=C1. The summed E-state index contributed by atoms with van der Waals surface area (Å²) in [6, 6.07) is 0. The van der Waals surface area contributed by atoms with Crippen molar-refractivity contribution in [3.05, 3.63) is 23.2 Å². The van der Waals surface area contributed by atoms with E-state index in [-0.39, 0.29) is 18.2 Å². The molecule has 1 aliphatic heterocycles. The highest BCUT2D eigenvalue weighted by molar-refractivity contribution is 5.57. The summed E-state index contributed by atoms with van der Waals surface area (Å²) in [5, 5.41) is 24.4. The molecule has 6 heteroatoms. The molecule has 0 aromatic heterocycles. The van der Waals surface area contributed by atoms with E-state index in [0.717, 1.165) is 54.2 Å². The Morgan fingerprint density at radius 2 is 2.28 bits per heavy atom. The fourth-order valence-corrected chi connectivity index (χ4v) is 4.64. The highest BCUT2D eigenvalue weighted by atomic mass is 16.3. The number of fused-ring (bicyclic) bond motifs is 1. The number of hydrogen-bond donors (Lipinski definition) is 5. The van der Waals surface area contributed by atoms with Crippen LogP contribution in [0.5, 0.6) is 0 Å². The summed E-state index contributed by atoms with van der Waals surface area (Å²) in [5.74, 6) is 3.54. The molecule has 0 aromatic carbocycles. The largest absolute Gasteiger partial charge is 0.392 e. The fraction of sp³-hybridized carbons (Fsp3) is 0.737. The fourth-order valence-electron chi connectivity index (χ4n) is 4.64. The van der Waals surface area contributed by atoms with E-state index >= 15 is 0 Å². The smallest absolute Gasteiger partial charge is 0.132 e. The Morgan fingerprint density at radius 1 is 1.52 bits per heavy atom. The number of nitrogens with one attached hydrogen (secondary N) is 3. The number of unbranched alkanes of at least 4 members (excludes halogenated alkanes) is 1. The highest BCUT2D eigenvalue weighted by Crippen LogP contribution is 2.80. The van der Waals surface area contributed by atoms with Crippen LogP contribution in [0, 0.1) is 28.6 Å². The monoisotopic (exact) mass is 345 g/mol. The van der Waals surface area contributed by atoms with Crippen LogP contribution in [0.3, 0.4) is 0 Å². The van der Waals surface area contributed by atoms with E-state index in [2.05, 4.69) is 17.6 Å². The third-order valence-electron chi connectivity index (χ3n) is 6.59.